The van der Waals surface area contributed by atoms with Crippen molar-refractivity contribution in [1.82, 2.24) is 15.2 Å². The summed E-state index contributed by atoms with van der Waals surface area (Å²) < 4.78 is 5.48. The van der Waals surface area contributed by atoms with Crippen LogP contribution in [0.4, 0.5) is 10.5 Å². The number of fused-ring (bicyclic) bond motifs is 4. The number of para-hydroxylation sites is 2. The molecule has 0 aliphatic carbocycles. The van der Waals surface area contributed by atoms with Gasteiger partial charge < -0.3 is 20.1 Å². The second-order valence-corrected chi connectivity index (χ2v) is 11.3. The van der Waals surface area contributed by atoms with E-state index in [1.807, 2.05) is 62.4 Å². The minimum atomic E-state index is -1.15. The number of carboxylic acid groups (broad SMARTS) is 1. The minimum absolute atomic E-state index is 0.0241. The number of carbonyl (C=O) groups is 4. The molecule has 0 radical (unpaired) electrons. The van der Waals surface area contributed by atoms with Gasteiger partial charge in [-0.2, -0.15) is 0 Å². The number of imide groups is 1. The Kier molecular flexibility index (Phi) is 7.13. The van der Waals surface area contributed by atoms with Gasteiger partial charge in [-0.3, -0.25) is 14.5 Å². The Morgan fingerprint density at radius 2 is 1.79 bits per heavy atom. The second-order valence-electron chi connectivity index (χ2n) is 11.3. The molecule has 0 saturated carbocycles. The van der Waals surface area contributed by atoms with E-state index in [1.54, 1.807) is 24.1 Å². The predicted octanol–water partition coefficient (Wildman–Crippen LogP) is 4.89. The third-order valence-electron chi connectivity index (χ3n) is 8.16. The Hall–Kier alpha value is -5.12. The van der Waals surface area contributed by atoms with Crippen molar-refractivity contribution in [3.63, 3.8) is 0 Å². The Morgan fingerprint density at radius 1 is 1.05 bits per heavy atom. The van der Waals surface area contributed by atoms with Crippen LogP contribution in [0.3, 0.4) is 0 Å². The Bertz CT molecular complexity index is 1760. The summed E-state index contributed by atoms with van der Waals surface area (Å²) in [7, 11) is 1.57. The number of benzene rings is 3. The summed E-state index contributed by atoms with van der Waals surface area (Å²) in [6.07, 6.45) is 0.527. The van der Waals surface area contributed by atoms with Crippen LogP contribution in [0.2, 0.25) is 0 Å². The summed E-state index contributed by atoms with van der Waals surface area (Å²) in [5.74, 6) is -1.64. The molecule has 10 nitrogen and oxygen atoms in total. The summed E-state index contributed by atoms with van der Waals surface area (Å²) in [5, 5.41) is 13.2. The lowest BCUT2D eigenvalue weighted by atomic mass is 9.89. The molecule has 4 aromatic rings. The van der Waals surface area contributed by atoms with Crippen molar-refractivity contribution in [1.29, 1.82) is 0 Å². The van der Waals surface area contributed by atoms with Crippen LogP contribution in [0.5, 0.6) is 5.75 Å². The minimum Gasteiger partial charge on any atom is -0.497 e. The number of anilines is 1. The van der Waals surface area contributed by atoms with Crippen LogP contribution < -0.4 is 15.0 Å². The number of H-pyrrole nitrogens is 1. The highest BCUT2D eigenvalue weighted by atomic mass is 16.5. The third-order valence-corrected chi connectivity index (χ3v) is 8.16. The fourth-order valence-corrected chi connectivity index (χ4v) is 6.24. The molecule has 1 aromatic heterocycles. The summed E-state index contributed by atoms with van der Waals surface area (Å²) >= 11 is 0. The zero-order valence-electron chi connectivity index (χ0n) is 24.0. The van der Waals surface area contributed by atoms with E-state index in [0.717, 1.165) is 32.6 Å². The van der Waals surface area contributed by atoms with Gasteiger partial charge in [0.15, 0.2) is 0 Å². The SMILES string of the molecule is COc1cccc(C2c3[nH]c4ccccc4c3C[C@H]3C(=O)N(c4ccccc4C(=O)N[C@H](CC(C)C)C(=O)O)C(=O)N23)c1. The van der Waals surface area contributed by atoms with Crippen molar-refractivity contribution in [2.45, 2.75) is 44.8 Å². The molecule has 0 bridgehead atoms. The predicted molar refractivity (Wildman–Crippen MR) is 160 cm³/mol. The average Bonchev–Trinajstić information content (AvgIpc) is 3.49. The zero-order chi connectivity index (χ0) is 30.4. The molecule has 0 spiro atoms. The molecule has 3 aromatic carbocycles. The molecule has 3 N–H and O–H groups in total. The number of carbonyl (C=O) groups excluding carboxylic acids is 3. The maximum atomic E-state index is 14.3. The number of carboxylic acids is 1. The lowest BCUT2D eigenvalue weighted by Crippen LogP contribution is -2.44. The fourth-order valence-electron chi connectivity index (χ4n) is 6.24. The number of hydrogen-bond acceptors (Lipinski definition) is 5. The highest BCUT2D eigenvalue weighted by Crippen LogP contribution is 2.45. The van der Waals surface area contributed by atoms with Gasteiger partial charge in [-0.05, 0) is 53.8 Å². The van der Waals surface area contributed by atoms with Gasteiger partial charge in [0.2, 0.25) is 0 Å². The topological polar surface area (TPSA) is 132 Å². The molecule has 1 unspecified atom stereocenters. The van der Waals surface area contributed by atoms with E-state index >= 15 is 0 Å². The van der Waals surface area contributed by atoms with Crippen molar-refractivity contribution >= 4 is 40.4 Å². The summed E-state index contributed by atoms with van der Waals surface area (Å²) in [6, 6.07) is 18.4. The lowest BCUT2D eigenvalue weighted by Gasteiger charge is -2.36. The van der Waals surface area contributed by atoms with Gasteiger partial charge in [-0.25, -0.2) is 14.5 Å². The number of aliphatic carboxylic acids is 1. The first kappa shape index (κ1) is 28.0. The largest absolute Gasteiger partial charge is 0.497 e. The molecule has 4 amide bonds. The molecule has 2 aliphatic rings. The van der Waals surface area contributed by atoms with Crippen LogP contribution in [-0.2, 0) is 16.0 Å². The Balaban J connectivity index is 1.43. The third kappa shape index (κ3) is 4.78. The highest BCUT2D eigenvalue weighted by molar-refractivity contribution is 6.24. The van der Waals surface area contributed by atoms with Gasteiger partial charge in [0.05, 0.1) is 18.4 Å². The fraction of sp³-hybridized carbons (Fsp3) is 0.273. The number of aromatic nitrogens is 1. The number of hydrogen-bond donors (Lipinski definition) is 3. The maximum Gasteiger partial charge on any atom is 0.332 e. The molecule has 3 atom stereocenters. The maximum absolute atomic E-state index is 14.3. The van der Waals surface area contributed by atoms with Crippen LogP contribution in [0.25, 0.3) is 10.9 Å². The van der Waals surface area contributed by atoms with Gasteiger partial charge in [-0.15, -0.1) is 0 Å². The quantitative estimate of drug-likeness (QED) is 0.254. The number of methoxy groups -OCH3 is 1. The zero-order valence-corrected chi connectivity index (χ0v) is 24.0. The van der Waals surface area contributed by atoms with Crippen LogP contribution in [0, 0.1) is 5.92 Å². The first-order valence-corrected chi connectivity index (χ1v) is 14.2. The van der Waals surface area contributed by atoms with E-state index in [0.29, 0.717) is 12.2 Å². The van der Waals surface area contributed by atoms with Crippen molar-refractivity contribution in [2.24, 2.45) is 5.92 Å². The summed E-state index contributed by atoms with van der Waals surface area (Å²) in [4.78, 5) is 59.9. The number of nitrogens with one attached hydrogen (secondary N) is 2. The molecule has 1 saturated heterocycles. The molecular formula is C33H32N4O6. The standard InChI is InChI=1S/C33H32N4O6/c1-18(2)15-25(32(40)41)35-30(38)22-12-5-7-14-26(22)37-31(39)27-17-23-21-11-4-6-13-24(21)34-28(23)29(36(27)33(37)42)19-9-8-10-20(16-19)43-3/h4-14,16,18,25,27,29,34H,15,17H2,1-3H3,(H,35,38)(H,40,41)/t25-,27+,29?/m1/s1. The van der Waals surface area contributed by atoms with E-state index in [2.05, 4.69) is 10.3 Å². The van der Waals surface area contributed by atoms with Gasteiger partial charge in [0, 0.05) is 23.0 Å². The summed E-state index contributed by atoms with van der Waals surface area (Å²) in [6.45, 7) is 3.73. The molecule has 10 heteroatoms. The van der Waals surface area contributed by atoms with Crippen LogP contribution >= 0.6 is 0 Å². The second kappa shape index (κ2) is 10.9. The monoisotopic (exact) mass is 580 g/mol. The first-order valence-electron chi connectivity index (χ1n) is 14.2. The number of ether oxygens (including phenoxy) is 1. The number of rotatable bonds is 8. The van der Waals surface area contributed by atoms with Crippen LogP contribution in [0.1, 0.15) is 53.5 Å². The van der Waals surface area contributed by atoms with E-state index in [-0.39, 0.29) is 23.6 Å². The van der Waals surface area contributed by atoms with Crippen molar-refractivity contribution in [2.75, 3.05) is 12.0 Å². The van der Waals surface area contributed by atoms with Crippen molar-refractivity contribution in [3.05, 3.63) is 95.2 Å². The average molecular weight is 581 g/mol. The van der Waals surface area contributed by atoms with Crippen molar-refractivity contribution in [3.8, 4) is 5.75 Å². The molecule has 3 heterocycles. The number of nitrogens with zero attached hydrogens (tertiary/aromatic N) is 2. The van der Waals surface area contributed by atoms with Gasteiger partial charge >= 0.3 is 12.0 Å². The van der Waals surface area contributed by atoms with E-state index < -0.39 is 41.9 Å². The summed E-state index contributed by atoms with van der Waals surface area (Å²) in [5.41, 5.74) is 3.60. The Labute approximate surface area is 248 Å². The number of amides is 4. The Morgan fingerprint density at radius 3 is 2.53 bits per heavy atom. The van der Waals surface area contributed by atoms with Crippen LogP contribution in [-0.4, -0.2) is 58.0 Å². The van der Waals surface area contributed by atoms with E-state index in [1.165, 1.54) is 12.1 Å². The van der Waals surface area contributed by atoms with Crippen LogP contribution in [0.15, 0.2) is 72.8 Å². The first-order chi connectivity index (χ1) is 20.7. The van der Waals surface area contributed by atoms with Crippen molar-refractivity contribution < 1.29 is 29.0 Å². The molecule has 6 rings (SSSR count). The van der Waals surface area contributed by atoms with Gasteiger partial charge in [0.25, 0.3) is 11.8 Å². The van der Waals surface area contributed by atoms with Gasteiger partial charge in [0.1, 0.15) is 23.9 Å². The normalized spacial score (nSPS) is 18.5. The smallest absolute Gasteiger partial charge is 0.332 e. The highest BCUT2D eigenvalue weighted by Gasteiger charge is 2.53. The molecular weight excluding hydrogens is 548 g/mol. The lowest BCUT2D eigenvalue weighted by molar-refractivity contribution is -0.139. The van der Waals surface area contributed by atoms with Gasteiger partial charge in [-0.1, -0.05) is 56.3 Å². The molecule has 1 fully saturated rings. The molecule has 43 heavy (non-hydrogen) atoms. The molecule has 220 valence electrons. The van der Waals surface area contributed by atoms with E-state index in [4.69, 9.17) is 4.74 Å². The molecule has 2 aliphatic heterocycles. The number of urea groups is 1. The van der Waals surface area contributed by atoms with E-state index in [9.17, 15) is 24.3 Å². The number of aromatic amines is 1.